The molecule has 1 aromatic heterocycles. The Balaban J connectivity index is 2.23. The van der Waals surface area contributed by atoms with Crippen LogP contribution in [0, 0.1) is 0 Å². The van der Waals surface area contributed by atoms with Crippen molar-refractivity contribution in [2.75, 3.05) is 6.54 Å². The van der Waals surface area contributed by atoms with E-state index in [0.717, 1.165) is 0 Å². The number of rotatable bonds is 3. The van der Waals surface area contributed by atoms with Gasteiger partial charge in [-0.15, -0.1) is 11.3 Å². The summed E-state index contributed by atoms with van der Waals surface area (Å²) in [5, 5.41) is 0. The molecule has 0 radical (unpaired) electrons. The number of halogens is 1. The maximum atomic E-state index is 6.27. The van der Waals surface area contributed by atoms with Crippen molar-refractivity contribution in [1.82, 2.24) is 4.90 Å². The highest BCUT2D eigenvalue weighted by Gasteiger charge is 2.29. The van der Waals surface area contributed by atoms with E-state index in [1.54, 1.807) is 0 Å². The molecule has 2 nitrogen and oxygen atoms in total. The summed E-state index contributed by atoms with van der Waals surface area (Å²) < 4.78 is 1.20. The summed E-state index contributed by atoms with van der Waals surface area (Å²) in [7, 11) is 0. The van der Waals surface area contributed by atoms with E-state index in [1.165, 1.54) is 40.9 Å². The molecular formula is C14H23BrN2S. The predicted molar refractivity (Wildman–Crippen MR) is 83.0 cm³/mol. The number of nitrogens with zero attached hydrogens (tertiary/aromatic N) is 1. The molecule has 1 aromatic rings. The fourth-order valence-electron chi connectivity index (χ4n) is 2.92. The smallest absolute Gasteiger partial charge is 0.0702 e. The maximum absolute atomic E-state index is 6.27. The molecule has 3 atom stereocenters. The SMILES string of the molecule is CC(N)C(c1ccc(Br)s1)N1CCCCCC1C. The van der Waals surface area contributed by atoms with E-state index >= 15 is 0 Å². The summed E-state index contributed by atoms with van der Waals surface area (Å²) in [6.07, 6.45) is 5.33. The molecule has 0 aromatic carbocycles. The zero-order valence-corrected chi connectivity index (χ0v) is 13.6. The van der Waals surface area contributed by atoms with Crippen molar-refractivity contribution in [3.63, 3.8) is 0 Å². The third-order valence-electron chi connectivity index (χ3n) is 3.85. The molecule has 2 heterocycles. The van der Waals surface area contributed by atoms with Crippen LogP contribution in [0.2, 0.25) is 0 Å². The molecule has 0 amide bonds. The van der Waals surface area contributed by atoms with E-state index < -0.39 is 0 Å². The van der Waals surface area contributed by atoms with E-state index in [1.807, 2.05) is 11.3 Å². The summed E-state index contributed by atoms with van der Waals surface area (Å²) >= 11 is 5.38. The van der Waals surface area contributed by atoms with Gasteiger partial charge in [0.25, 0.3) is 0 Å². The minimum atomic E-state index is 0.177. The van der Waals surface area contributed by atoms with Crippen LogP contribution in [0.1, 0.15) is 50.4 Å². The number of nitrogens with two attached hydrogens (primary N) is 1. The molecule has 2 N–H and O–H groups in total. The molecule has 102 valence electrons. The van der Waals surface area contributed by atoms with Gasteiger partial charge in [0, 0.05) is 17.0 Å². The van der Waals surface area contributed by atoms with Crippen molar-refractivity contribution < 1.29 is 0 Å². The topological polar surface area (TPSA) is 29.3 Å². The number of likely N-dealkylation sites (tertiary alicyclic amines) is 1. The van der Waals surface area contributed by atoms with Crippen molar-refractivity contribution in [2.45, 2.75) is 57.7 Å². The molecule has 2 rings (SSSR count). The van der Waals surface area contributed by atoms with Crippen molar-refractivity contribution in [3.05, 3.63) is 20.8 Å². The summed E-state index contributed by atoms with van der Waals surface area (Å²) in [5.74, 6) is 0. The maximum Gasteiger partial charge on any atom is 0.0702 e. The Kier molecular flexibility index (Phi) is 5.24. The highest BCUT2D eigenvalue weighted by atomic mass is 79.9. The van der Waals surface area contributed by atoms with Gasteiger partial charge in [-0.3, -0.25) is 4.90 Å². The second kappa shape index (κ2) is 6.51. The normalized spacial score (nSPS) is 25.7. The van der Waals surface area contributed by atoms with Gasteiger partial charge in [-0.2, -0.15) is 0 Å². The van der Waals surface area contributed by atoms with Crippen LogP contribution in [0.25, 0.3) is 0 Å². The number of hydrogen-bond acceptors (Lipinski definition) is 3. The van der Waals surface area contributed by atoms with Crippen LogP contribution in [-0.4, -0.2) is 23.5 Å². The lowest BCUT2D eigenvalue weighted by Crippen LogP contribution is -2.43. The van der Waals surface area contributed by atoms with E-state index in [-0.39, 0.29) is 6.04 Å². The van der Waals surface area contributed by atoms with Crippen LogP contribution in [0.4, 0.5) is 0 Å². The van der Waals surface area contributed by atoms with Gasteiger partial charge in [0.1, 0.15) is 0 Å². The number of thiophene rings is 1. The van der Waals surface area contributed by atoms with Crippen LogP contribution in [0.5, 0.6) is 0 Å². The summed E-state index contributed by atoms with van der Waals surface area (Å²) in [5.41, 5.74) is 6.27. The average Bonchev–Trinajstić information content (AvgIpc) is 2.61. The Bertz CT molecular complexity index is 378. The van der Waals surface area contributed by atoms with Gasteiger partial charge < -0.3 is 5.73 Å². The molecule has 1 aliphatic heterocycles. The van der Waals surface area contributed by atoms with Crippen molar-refractivity contribution in [3.8, 4) is 0 Å². The first-order valence-electron chi connectivity index (χ1n) is 6.86. The Labute approximate surface area is 123 Å². The Hall–Kier alpha value is 0.1000. The van der Waals surface area contributed by atoms with Crippen LogP contribution in [-0.2, 0) is 0 Å². The Morgan fingerprint density at radius 1 is 1.39 bits per heavy atom. The Morgan fingerprint density at radius 2 is 2.17 bits per heavy atom. The van der Waals surface area contributed by atoms with Crippen LogP contribution < -0.4 is 5.73 Å². The van der Waals surface area contributed by atoms with Gasteiger partial charge in [0.15, 0.2) is 0 Å². The standard InChI is InChI=1S/C14H23BrN2S/c1-10-6-4-3-5-9-17(10)14(11(2)16)12-7-8-13(15)18-12/h7-8,10-11,14H,3-6,9,16H2,1-2H3. The van der Waals surface area contributed by atoms with Gasteiger partial charge in [0.2, 0.25) is 0 Å². The van der Waals surface area contributed by atoms with Crippen molar-refractivity contribution >= 4 is 27.3 Å². The third kappa shape index (κ3) is 3.35. The van der Waals surface area contributed by atoms with E-state index in [9.17, 15) is 0 Å². The molecule has 1 fully saturated rings. The third-order valence-corrected chi connectivity index (χ3v) is 5.54. The minimum Gasteiger partial charge on any atom is -0.326 e. The quantitative estimate of drug-likeness (QED) is 0.901. The highest BCUT2D eigenvalue weighted by Crippen LogP contribution is 2.35. The first-order valence-corrected chi connectivity index (χ1v) is 8.47. The fraction of sp³-hybridized carbons (Fsp3) is 0.714. The monoisotopic (exact) mass is 330 g/mol. The number of hydrogen-bond donors (Lipinski definition) is 1. The minimum absolute atomic E-state index is 0.177. The zero-order chi connectivity index (χ0) is 13.1. The van der Waals surface area contributed by atoms with Gasteiger partial charge in [-0.1, -0.05) is 12.8 Å². The first-order chi connectivity index (χ1) is 8.59. The lowest BCUT2D eigenvalue weighted by molar-refractivity contribution is 0.132. The molecule has 0 bridgehead atoms. The van der Waals surface area contributed by atoms with Crippen LogP contribution in [0.15, 0.2) is 15.9 Å². The molecule has 18 heavy (non-hydrogen) atoms. The van der Waals surface area contributed by atoms with Crippen molar-refractivity contribution in [1.29, 1.82) is 0 Å². The molecule has 0 saturated carbocycles. The highest BCUT2D eigenvalue weighted by molar-refractivity contribution is 9.11. The second-order valence-corrected chi connectivity index (χ2v) is 7.88. The lowest BCUT2D eigenvalue weighted by atomic mass is 10.0. The van der Waals surface area contributed by atoms with E-state index in [4.69, 9.17) is 5.73 Å². The largest absolute Gasteiger partial charge is 0.326 e. The van der Waals surface area contributed by atoms with E-state index in [0.29, 0.717) is 12.1 Å². The van der Waals surface area contributed by atoms with Gasteiger partial charge >= 0.3 is 0 Å². The molecule has 1 saturated heterocycles. The van der Waals surface area contributed by atoms with Crippen LogP contribution >= 0.6 is 27.3 Å². The predicted octanol–water partition coefficient (Wildman–Crippen LogP) is 4.16. The summed E-state index contributed by atoms with van der Waals surface area (Å²) in [6.45, 7) is 5.67. The molecular weight excluding hydrogens is 308 g/mol. The molecule has 0 spiro atoms. The second-order valence-electron chi connectivity index (χ2n) is 5.38. The average molecular weight is 331 g/mol. The molecule has 0 aliphatic carbocycles. The first kappa shape index (κ1) is 14.5. The van der Waals surface area contributed by atoms with Crippen molar-refractivity contribution in [2.24, 2.45) is 5.73 Å². The molecule has 3 unspecified atom stereocenters. The Morgan fingerprint density at radius 3 is 2.78 bits per heavy atom. The lowest BCUT2D eigenvalue weighted by Gasteiger charge is -2.37. The van der Waals surface area contributed by atoms with Crippen LogP contribution in [0.3, 0.4) is 0 Å². The van der Waals surface area contributed by atoms with Gasteiger partial charge in [-0.25, -0.2) is 0 Å². The zero-order valence-electron chi connectivity index (χ0n) is 11.2. The molecule has 1 aliphatic rings. The van der Waals surface area contributed by atoms with E-state index in [2.05, 4.69) is 46.8 Å². The summed E-state index contributed by atoms with van der Waals surface area (Å²) in [6, 6.07) is 5.55. The fourth-order valence-corrected chi connectivity index (χ4v) is 4.58. The van der Waals surface area contributed by atoms with Gasteiger partial charge in [-0.05, 0) is 61.3 Å². The molecule has 4 heteroatoms. The summed E-state index contributed by atoms with van der Waals surface area (Å²) in [4.78, 5) is 4.02. The van der Waals surface area contributed by atoms with Gasteiger partial charge in [0.05, 0.1) is 9.83 Å².